The maximum absolute atomic E-state index is 13.2. The van der Waals surface area contributed by atoms with Gasteiger partial charge in [-0.2, -0.15) is 0 Å². The Labute approximate surface area is 214 Å². The largest absolute Gasteiger partial charge is 0.320 e. The van der Waals surface area contributed by atoms with E-state index < -0.39 is 0 Å². The highest BCUT2D eigenvalue weighted by Crippen LogP contribution is 2.15. The SMILES string of the molecule is CC.CCC(C)C.CCCCNC.Cc1nc(CN(C)Cc2cccc(F)c2)nc2ccccc12. The smallest absolute Gasteiger partial charge is 0.143 e. The van der Waals surface area contributed by atoms with E-state index in [1.54, 1.807) is 12.1 Å². The fourth-order valence-corrected chi connectivity index (χ4v) is 2.96. The molecule has 0 aliphatic rings. The first-order chi connectivity index (χ1) is 16.8. The highest BCUT2D eigenvalue weighted by molar-refractivity contribution is 5.80. The summed E-state index contributed by atoms with van der Waals surface area (Å²) in [5.41, 5.74) is 2.89. The van der Waals surface area contributed by atoms with Crippen LogP contribution in [0.15, 0.2) is 48.5 Å². The third kappa shape index (κ3) is 14.6. The average Bonchev–Trinajstić information content (AvgIpc) is 2.84. The summed E-state index contributed by atoms with van der Waals surface area (Å²) in [5, 5.41) is 4.15. The molecule has 0 bridgehead atoms. The van der Waals surface area contributed by atoms with Crippen molar-refractivity contribution in [1.29, 1.82) is 0 Å². The molecular formula is C30H49FN4. The Morgan fingerprint density at radius 1 is 0.971 bits per heavy atom. The van der Waals surface area contributed by atoms with Crippen LogP contribution in [0.4, 0.5) is 4.39 Å². The molecule has 0 amide bonds. The fourth-order valence-electron chi connectivity index (χ4n) is 2.96. The Hall–Kier alpha value is -2.37. The minimum absolute atomic E-state index is 0.205. The predicted octanol–water partition coefficient (Wildman–Crippen LogP) is 7.79. The Balaban J connectivity index is 0.000000742. The topological polar surface area (TPSA) is 41.1 Å². The van der Waals surface area contributed by atoms with Crippen molar-refractivity contribution in [2.75, 3.05) is 20.6 Å². The molecule has 0 radical (unpaired) electrons. The van der Waals surface area contributed by atoms with E-state index in [-0.39, 0.29) is 5.82 Å². The van der Waals surface area contributed by atoms with Crippen LogP contribution in [0.1, 0.15) is 77.9 Å². The zero-order chi connectivity index (χ0) is 26.6. The number of hydrogen-bond donors (Lipinski definition) is 1. The highest BCUT2D eigenvalue weighted by Gasteiger charge is 2.08. The lowest BCUT2D eigenvalue weighted by Crippen LogP contribution is -2.19. The van der Waals surface area contributed by atoms with Crippen LogP contribution in [0, 0.1) is 18.7 Å². The molecule has 0 saturated carbocycles. The number of hydrogen-bond acceptors (Lipinski definition) is 4. The standard InChI is InChI=1S/C18H18FN3.C5H13N.C5H12.C2H6/c1-13-16-8-3-4-9-17(16)21-18(20-13)12-22(2)11-14-6-5-7-15(19)10-14;1-3-4-5-6-2;1-4-5(2)3;1-2/h3-10H,11-12H2,1-2H3;6H,3-5H2,1-2H3;5H,4H2,1-3H3;1-2H3. The van der Waals surface area contributed by atoms with Crippen LogP contribution in [-0.4, -0.2) is 35.5 Å². The normalized spacial score (nSPS) is 10.2. The second-order valence-electron chi connectivity index (χ2n) is 8.80. The van der Waals surface area contributed by atoms with Crippen molar-refractivity contribution in [3.8, 4) is 0 Å². The van der Waals surface area contributed by atoms with Crippen molar-refractivity contribution >= 4 is 10.9 Å². The molecular weight excluding hydrogens is 435 g/mol. The average molecular weight is 485 g/mol. The van der Waals surface area contributed by atoms with Crippen molar-refractivity contribution in [3.05, 3.63) is 71.4 Å². The summed E-state index contributed by atoms with van der Waals surface area (Å²) >= 11 is 0. The van der Waals surface area contributed by atoms with Gasteiger partial charge in [0.1, 0.15) is 11.6 Å². The summed E-state index contributed by atoms with van der Waals surface area (Å²) in [5.74, 6) is 1.47. The van der Waals surface area contributed by atoms with E-state index in [2.05, 4.69) is 47.9 Å². The van der Waals surface area contributed by atoms with Crippen LogP contribution in [0.5, 0.6) is 0 Å². The molecule has 1 heterocycles. The van der Waals surface area contributed by atoms with Gasteiger partial charge in [0, 0.05) is 17.6 Å². The lowest BCUT2D eigenvalue weighted by Gasteiger charge is -2.16. The maximum Gasteiger partial charge on any atom is 0.143 e. The minimum atomic E-state index is -0.205. The van der Waals surface area contributed by atoms with Crippen LogP contribution in [0.3, 0.4) is 0 Å². The molecule has 196 valence electrons. The Bertz CT molecular complexity index is 923. The summed E-state index contributed by atoms with van der Waals surface area (Å²) < 4.78 is 13.2. The molecule has 3 rings (SSSR count). The van der Waals surface area contributed by atoms with Gasteiger partial charge in [0.15, 0.2) is 0 Å². The zero-order valence-electron chi connectivity index (χ0n) is 23.7. The maximum atomic E-state index is 13.2. The van der Waals surface area contributed by atoms with Gasteiger partial charge in [-0.25, -0.2) is 14.4 Å². The quantitative estimate of drug-likeness (QED) is 0.331. The minimum Gasteiger partial charge on any atom is -0.320 e. The summed E-state index contributed by atoms with van der Waals surface area (Å²) in [4.78, 5) is 11.3. The van der Waals surface area contributed by atoms with Gasteiger partial charge in [-0.05, 0) is 63.7 Å². The molecule has 0 aliphatic carbocycles. The van der Waals surface area contributed by atoms with Gasteiger partial charge < -0.3 is 5.32 Å². The lowest BCUT2D eigenvalue weighted by atomic mass is 10.2. The molecule has 3 aromatic rings. The third-order valence-electron chi connectivity index (χ3n) is 5.19. The van der Waals surface area contributed by atoms with Crippen molar-refractivity contribution in [1.82, 2.24) is 20.2 Å². The number of nitrogens with one attached hydrogen (secondary N) is 1. The summed E-state index contributed by atoms with van der Waals surface area (Å²) in [6, 6.07) is 14.7. The van der Waals surface area contributed by atoms with E-state index in [1.807, 2.05) is 65.2 Å². The Morgan fingerprint density at radius 3 is 2.17 bits per heavy atom. The van der Waals surface area contributed by atoms with E-state index in [0.717, 1.165) is 40.4 Å². The lowest BCUT2D eigenvalue weighted by molar-refractivity contribution is 0.310. The van der Waals surface area contributed by atoms with Crippen molar-refractivity contribution in [3.63, 3.8) is 0 Å². The fraction of sp³-hybridized carbons (Fsp3) is 0.533. The van der Waals surface area contributed by atoms with Gasteiger partial charge >= 0.3 is 0 Å². The molecule has 5 heteroatoms. The molecule has 0 atom stereocenters. The van der Waals surface area contributed by atoms with E-state index in [0.29, 0.717) is 13.1 Å². The number of rotatable bonds is 8. The van der Waals surface area contributed by atoms with E-state index in [1.165, 1.54) is 25.3 Å². The van der Waals surface area contributed by atoms with Gasteiger partial charge in [0.25, 0.3) is 0 Å². The molecule has 35 heavy (non-hydrogen) atoms. The van der Waals surface area contributed by atoms with Crippen molar-refractivity contribution in [2.45, 2.75) is 80.8 Å². The number of aryl methyl sites for hydroxylation is 1. The van der Waals surface area contributed by atoms with Crippen LogP contribution >= 0.6 is 0 Å². The van der Waals surface area contributed by atoms with Gasteiger partial charge in [-0.15, -0.1) is 0 Å². The number of nitrogens with zero attached hydrogens (tertiary/aromatic N) is 3. The highest BCUT2D eigenvalue weighted by atomic mass is 19.1. The summed E-state index contributed by atoms with van der Waals surface area (Å²) in [6.45, 7) is 17.3. The molecule has 2 aromatic carbocycles. The molecule has 1 aromatic heterocycles. The number of para-hydroxylation sites is 1. The second-order valence-corrected chi connectivity index (χ2v) is 8.80. The molecule has 1 N–H and O–H groups in total. The van der Waals surface area contributed by atoms with Crippen molar-refractivity contribution < 1.29 is 4.39 Å². The second kappa shape index (κ2) is 19.9. The Kier molecular flexibility index (Phi) is 18.5. The van der Waals surface area contributed by atoms with E-state index in [9.17, 15) is 4.39 Å². The van der Waals surface area contributed by atoms with E-state index in [4.69, 9.17) is 0 Å². The number of aromatic nitrogens is 2. The molecule has 0 unspecified atom stereocenters. The van der Waals surface area contributed by atoms with Crippen LogP contribution < -0.4 is 5.32 Å². The van der Waals surface area contributed by atoms with Crippen molar-refractivity contribution in [2.24, 2.45) is 5.92 Å². The third-order valence-corrected chi connectivity index (χ3v) is 5.19. The zero-order valence-corrected chi connectivity index (χ0v) is 23.7. The van der Waals surface area contributed by atoms with Crippen LogP contribution in [0.25, 0.3) is 10.9 Å². The first-order valence-electron chi connectivity index (χ1n) is 13.1. The summed E-state index contributed by atoms with van der Waals surface area (Å²) in [7, 11) is 3.97. The number of benzene rings is 2. The molecule has 0 aliphatic heterocycles. The van der Waals surface area contributed by atoms with Gasteiger partial charge in [-0.1, -0.05) is 84.7 Å². The summed E-state index contributed by atoms with van der Waals surface area (Å²) in [6.07, 6.45) is 3.90. The molecule has 4 nitrogen and oxygen atoms in total. The van der Waals surface area contributed by atoms with Crippen LogP contribution in [0.2, 0.25) is 0 Å². The van der Waals surface area contributed by atoms with Crippen LogP contribution in [-0.2, 0) is 13.1 Å². The Morgan fingerprint density at radius 2 is 1.63 bits per heavy atom. The van der Waals surface area contributed by atoms with Gasteiger partial charge in [0.05, 0.1) is 12.1 Å². The molecule has 0 fully saturated rings. The first kappa shape index (κ1) is 32.6. The monoisotopic (exact) mass is 484 g/mol. The molecule has 0 spiro atoms. The number of halogens is 1. The first-order valence-corrected chi connectivity index (χ1v) is 13.1. The van der Waals surface area contributed by atoms with E-state index >= 15 is 0 Å². The van der Waals surface area contributed by atoms with Gasteiger partial charge in [0.2, 0.25) is 0 Å². The number of unbranched alkanes of at least 4 members (excludes halogenated alkanes) is 1. The predicted molar refractivity (Wildman–Crippen MR) is 151 cm³/mol. The molecule has 0 saturated heterocycles. The number of fused-ring (bicyclic) bond motifs is 1. The van der Waals surface area contributed by atoms with Gasteiger partial charge in [-0.3, -0.25) is 4.90 Å².